The lowest BCUT2D eigenvalue weighted by atomic mass is 10.1. The molecule has 3 aromatic heterocycles. The quantitative estimate of drug-likeness (QED) is 0.712. The maximum absolute atomic E-state index is 12.7. The molecule has 1 unspecified atom stereocenters. The monoisotopic (exact) mass is 376 g/mol. The fraction of sp³-hybridized carbons (Fsp3) is 0.105. The topological polar surface area (TPSA) is 92.2 Å². The van der Waals surface area contributed by atoms with Crippen molar-refractivity contribution >= 4 is 29.2 Å². The molecule has 0 saturated carbocycles. The first-order chi connectivity index (χ1) is 13.3. The molecule has 0 fully saturated rings. The van der Waals surface area contributed by atoms with Crippen molar-refractivity contribution in [3.05, 3.63) is 82.8 Å². The Morgan fingerprint density at radius 1 is 1.15 bits per heavy atom. The van der Waals surface area contributed by atoms with Crippen molar-refractivity contribution in [2.75, 3.05) is 0 Å². The molecular formula is C19H16N6OS. The number of aromatic nitrogens is 3. The van der Waals surface area contributed by atoms with Crippen molar-refractivity contribution in [3.63, 3.8) is 0 Å². The summed E-state index contributed by atoms with van der Waals surface area (Å²) < 4.78 is 0. The van der Waals surface area contributed by atoms with E-state index in [2.05, 4.69) is 30.6 Å². The van der Waals surface area contributed by atoms with Gasteiger partial charge >= 0.3 is 0 Å². The number of pyridine rings is 2. The van der Waals surface area contributed by atoms with Crippen molar-refractivity contribution in [1.29, 1.82) is 0 Å². The average molecular weight is 376 g/mol. The lowest BCUT2D eigenvalue weighted by Gasteiger charge is -2.34. The third-order valence-corrected chi connectivity index (χ3v) is 4.74. The van der Waals surface area contributed by atoms with Crippen molar-refractivity contribution in [1.82, 2.24) is 25.6 Å². The molecule has 27 heavy (non-hydrogen) atoms. The van der Waals surface area contributed by atoms with E-state index in [4.69, 9.17) is 0 Å². The minimum absolute atomic E-state index is 0.190. The summed E-state index contributed by atoms with van der Waals surface area (Å²) >= 11 is 1.50. The summed E-state index contributed by atoms with van der Waals surface area (Å²) in [6, 6.07) is 9.16. The van der Waals surface area contributed by atoms with Crippen molar-refractivity contribution in [2.24, 2.45) is 4.99 Å². The third kappa shape index (κ3) is 3.75. The second-order valence-electron chi connectivity index (χ2n) is 5.83. The number of nitrogens with zero attached hydrogens (tertiary/aromatic N) is 4. The van der Waals surface area contributed by atoms with E-state index in [0.717, 1.165) is 16.3 Å². The zero-order valence-corrected chi connectivity index (χ0v) is 15.1. The number of carbonyl (C=O) groups is 1. The smallest absolute Gasteiger partial charge is 0.252 e. The summed E-state index contributed by atoms with van der Waals surface area (Å²) in [5, 5.41) is 8.99. The van der Waals surface area contributed by atoms with Crippen molar-refractivity contribution in [3.8, 4) is 0 Å². The number of nitrogens with one attached hydrogen (secondary N) is 2. The first-order valence-corrected chi connectivity index (χ1v) is 9.18. The van der Waals surface area contributed by atoms with Crippen LogP contribution < -0.4 is 10.6 Å². The second kappa shape index (κ2) is 7.46. The summed E-state index contributed by atoms with van der Waals surface area (Å²) in [6.07, 6.45) is 10.4. The van der Waals surface area contributed by atoms with Crippen LogP contribution >= 0.6 is 11.3 Å². The Kier molecular flexibility index (Phi) is 4.71. The predicted octanol–water partition coefficient (Wildman–Crippen LogP) is 2.12. The molecular weight excluding hydrogens is 360 g/mol. The predicted molar refractivity (Wildman–Crippen MR) is 104 cm³/mol. The van der Waals surface area contributed by atoms with Gasteiger partial charge in [-0.25, -0.2) is 9.98 Å². The van der Waals surface area contributed by atoms with E-state index >= 15 is 0 Å². The first kappa shape index (κ1) is 17.0. The number of aliphatic imine (C=N–C) groups is 1. The van der Waals surface area contributed by atoms with E-state index < -0.39 is 5.79 Å². The van der Waals surface area contributed by atoms with Gasteiger partial charge in [0.1, 0.15) is 10.7 Å². The molecule has 4 rings (SSSR count). The van der Waals surface area contributed by atoms with Crippen molar-refractivity contribution < 1.29 is 4.79 Å². The molecule has 0 aliphatic carbocycles. The highest BCUT2D eigenvalue weighted by atomic mass is 32.1. The molecule has 8 heteroatoms. The molecule has 0 saturated heterocycles. The molecule has 1 atom stereocenters. The molecule has 1 amide bonds. The standard InChI is InChI=1S/C19H16N6OS/c26-17(12-14-4-3-7-20-13-14)25-19(16-5-1-2-8-21-16)23-9-6-15(24-19)18-22-10-11-27-18/h1-11,13,24H,12H2,(H,25,26). The van der Waals surface area contributed by atoms with Crippen LogP contribution in [0.4, 0.5) is 0 Å². The highest BCUT2D eigenvalue weighted by molar-refractivity contribution is 7.10. The largest absolute Gasteiger partial charge is 0.336 e. The summed E-state index contributed by atoms with van der Waals surface area (Å²) in [6.45, 7) is 0. The van der Waals surface area contributed by atoms with E-state index in [0.29, 0.717) is 5.69 Å². The molecule has 0 aromatic carbocycles. The number of thiazole rings is 1. The molecule has 0 spiro atoms. The fourth-order valence-corrected chi connectivity index (χ4v) is 3.36. The van der Waals surface area contributed by atoms with Crippen LogP contribution in [0, 0.1) is 0 Å². The summed E-state index contributed by atoms with van der Waals surface area (Å²) in [5.74, 6) is -1.39. The summed E-state index contributed by atoms with van der Waals surface area (Å²) in [4.78, 5) is 30.1. The van der Waals surface area contributed by atoms with Gasteiger partial charge in [-0.05, 0) is 29.8 Å². The maximum atomic E-state index is 12.7. The van der Waals surface area contributed by atoms with Crippen LogP contribution in [0.2, 0.25) is 0 Å². The van der Waals surface area contributed by atoms with Gasteiger partial charge in [-0.15, -0.1) is 11.3 Å². The van der Waals surface area contributed by atoms with Gasteiger partial charge in [0.25, 0.3) is 5.79 Å². The van der Waals surface area contributed by atoms with Gasteiger partial charge in [-0.1, -0.05) is 12.1 Å². The molecule has 3 aromatic rings. The molecule has 0 radical (unpaired) electrons. The van der Waals surface area contributed by atoms with Crippen LogP contribution in [0.5, 0.6) is 0 Å². The van der Waals surface area contributed by atoms with Gasteiger partial charge in [-0.2, -0.15) is 0 Å². The number of carbonyl (C=O) groups excluding carboxylic acids is 1. The highest BCUT2D eigenvalue weighted by Crippen LogP contribution is 2.26. The molecule has 2 N–H and O–H groups in total. The molecule has 7 nitrogen and oxygen atoms in total. The summed E-state index contributed by atoms with van der Waals surface area (Å²) in [5.41, 5.74) is 2.18. The first-order valence-electron chi connectivity index (χ1n) is 8.30. The zero-order valence-electron chi connectivity index (χ0n) is 14.2. The Morgan fingerprint density at radius 3 is 2.85 bits per heavy atom. The lowest BCUT2D eigenvalue weighted by molar-refractivity contribution is -0.122. The number of rotatable bonds is 5. The third-order valence-electron chi connectivity index (χ3n) is 3.93. The highest BCUT2D eigenvalue weighted by Gasteiger charge is 2.37. The van der Waals surface area contributed by atoms with E-state index in [1.165, 1.54) is 11.3 Å². The van der Waals surface area contributed by atoms with E-state index in [-0.39, 0.29) is 12.3 Å². The van der Waals surface area contributed by atoms with Gasteiger partial charge < -0.3 is 10.6 Å². The van der Waals surface area contributed by atoms with Gasteiger partial charge in [0.15, 0.2) is 0 Å². The maximum Gasteiger partial charge on any atom is 0.252 e. The van der Waals surface area contributed by atoms with Crippen LogP contribution in [0.3, 0.4) is 0 Å². The normalized spacial score (nSPS) is 18.4. The number of hydrogen-bond acceptors (Lipinski definition) is 7. The van der Waals surface area contributed by atoms with Gasteiger partial charge in [-0.3, -0.25) is 14.8 Å². The van der Waals surface area contributed by atoms with Crippen LogP contribution in [0.1, 0.15) is 16.3 Å². The Labute approximate surface area is 159 Å². The van der Waals surface area contributed by atoms with Crippen LogP contribution in [-0.2, 0) is 17.0 Å². The lowest BCUT2D eigenvalue weighted by Crippen LogP contribution is -2.56. The summed E-state index contributed by atoms with van der Waals surface area (Å²) in [7, 11) is 0. The van der Waals surface area contributed by atoms with Crippen LogP contribution in [0.25, 0.3) is 5.70 Å². The van der Waals surface area contributed by atoms with Crippen molar-refractivity contribution in [2.45, 2.75) is 12.2 Å². The Morgan fingerprint density at radius 2 is 2.11 bits per heavy atom. The fourth-order valence-electron chi connectivity index (χ4n) is 2.74. The minimum atomic E-state index is -1.20. The SMILES string of the molecule is O=C(Cc1cccnc1)NC1(c2ccccn2)N=CC=C(c2nccs2)N1. The average Bonchev–Trinajstić information content (AvgIpc) is 3.24. The van der Waals surface area contributed by atoms with E-state index in [9.17, 15) is 4.79 Å². The Balaban J connectivity index is 1.63. The van der Waals surface area contributed by atoms with Gasteiger partial charge in [0, 0.05) is 36.4 Å². The van der Waals surface area contributed by atoms with Gasteiger partial charge in [0.2, 0.25) is 5.91 Å². The Hall–Kier alpha value is -3.39. The molecule has 4 heterocycles. The minimum Gasteiger partial charge on any atom is -0.336 e. The van der Waals surface area contributed by atoms with E-state index in [1.54, 1.807) is 37.1 Å². The van der Waals surface area contributed by atoms with Crippen LogP contribution in [-0.4, -0.2) is 27.1 Å². The molecule has 1 aliphatic heterocycles. The van der Waals surface area contributed by atoms with E-state index in [1.807, 2.05) is 35.7 Å². The molecule has 1 aliphatic rings. The number of hydrogen-bond donors (Lipinski definition) is 2. The zero-order chi connectivity index (χ0) is 18.5. The van der Waals surface area contributed by atoms with Gasteiger partial charge in [0.05, 0.1) is 12.1 Å². The molecule has 134 valence electrons. The number of amides is 1. The van der Waals surface area contributed by atoms with Crippen LogP contribution in [0.15, 0.2) is 71.6 Å². The Bertz CT molecular complexity index is 972. The second-order valence-corrected chi connectivity index (χ2v) is 6.73. The number of allylic oxidation sites excluding steroid dienone is 1. The molecule has 0 bridgehead atoms.